The predicted molar refractivity (Wildman–Crippen MR) is 96.8 cm³/mol. The number of carbonyl (C=O) groups is 2. The molecule has 0 spiro atoms. The molecule has 0 fully saturated rings. The van der Waals surface area contributed by atoms with Crippen LogP contribution in [0.4, 0.5) is 0 Å². The first-order valence-electron chi connectivity index (χ1n) is 9.84. The van der Waals surface area contributed by atoms with Crippen LogP contribution >= 0.6 is 0 Å². The average molecular weight is 327 g/mol. The Morgan fingerprint density at radius 3 is 1.04 bits per heavy atom. The minimum Gasteiger partial charge on any atom is -0.481 e. The highest BCUT2D eigenvalue weighted by molar-refractivity contribution is 5.75. The van der Waals surface area contributed by atoms with Gasteiger partial charge in [-0.3, -0.25) is 4.79 Å². The fraction of sp³-hybridized carbons (Fsp3) is 0.900. The summed E-state index contributed by atoms with van der Waals surface area (Å²) in [4.78, 5) is 21.2. The van der Waals surface area contributed by atoms with Crippen LogP contribution < -0.4 is 0 Å². The van der Waals surface area contributed by atoms with Gasteiger partial charge < -0.3 is 9.90 Å². The van der Waals surface area contributed by atoms with Crippen molar-refractivity contribution in [3.05, 3.63) is 0 Å². The first kappa shape index (κ1) is 22.1. The number of hydrogen-bond donors (Lipinski definition) is 1. The number of carboxylic acids is 1. The molecule has 1 N–H and O–H groups in total. The second-order valence-corrected chi connectivity index (χ2v) is 6.90. The highest BCUT2D eigenvalue weighted by atomic mass is 16.4. The van der Waals surface area contributed by atoms with Gasteiger partial charge in [-0.25, -0.2) is 0 Å². The van der Waals surface area contributed by atoms with Gasteiger partial charge in [-0.05, 0) is 19.8 Å². The third kappa shape index (κ3) is 21.1. The zero-order valence-electron chi connectivity index (χ0n) is 15.3. The summed E-state index contributed by atoms with van der Waals surface area (Å²) in [6.07, 6.45) is 19.8. The summed E-state index contributed by atoms with van der Waals surface area (Å²) in [5.41, 5.74) is 0. The van der Waals surface area contributed by atoms with Crippen molar-refractivity contribution in [1.29, 1.82) is 0 Å². The molecule has 136 valence electrons. The molecule has 0 atom stereocenters. The fourth-order valence-corrected chi connectivity index (χ4v) is 2.95. The van der Waals surface area contributed by atoms with Crippen LogP contribution in [-0.2, 0) is 9.59 Å². The van der Waals surface area contributed by atoms with Crippen molar-refractivity contribution < 1.29 is 14.7 Å². The van der Waals surface area contributed by atoms with E-state index in [0.717, 1.165) is 25.7 Å². The lowest BCUT2D eigenvalue weighted by molar-refractivity contribution is -0.137. The second-order valence-electron chi connectivity index (χ2n) is 6.90. The first-order chi connectivity index (χ1) is 11.1. The summed E-state index contributed by atoms with van der Waals surface area (Å²) in [5.74, 6) is -0.341. The molecule has 3 nitrogen and oxygen atoms in total. The van der Waals surface area contributed by atoms with Crippen LogP contribution in [-0.4, -0.2) is 16.9 Å². The summed E-state index contributed by atoms with van der Waals surface area (Å²) < 4.78 is 0. The number of carbonyl (C=O) groups excluding carboxylic acids is 1. The standard InChI is InChI=1S/C20H38O3/c1-19(21)17-15-13-11-9-7-5-3-2-4-6-8-10-12-14-16-18-20(22)23/h2-18H2,1H3,(H,22,23). The minimum absolute atomic E-state index is 0.324. The van der Waals surface area contributed by atoms with Gasteiger partial charge in [-0.15, -0.1) is 0 Å². The van der Waals surface area contributed by atoms with Gasteiger partial charge in [0, 0.05) is 12.8 Å². The van der Waals surface area contributed by atoms with Crippen molar-refractivity contribution in [2.75, 3.05) is 0 Å². The normalized spacial score (nSPS) is 10.8. The molecule has 0 bridgehead atoms. The van der Waals surface area contributed by atoms with E-state index in [2.05, 4.69) is 0 Å². The van der Waals surface area contributed by atoms with Gasteiger partial charge >= 0.3 is 5.97 Å². The van der Waals surface area contributed by atoms with E-state index in [1.807, 2.05) is 0 Å². The Bertz CT molecular complexity index is 259. The van der Waals surface area contributed by atoms with Crippen molar-refractivity contribution >= 4 is 11.8 Å². The van der Waals surface area contributed by atoms with Gasteiger partial charge in [0.2, 0.25) is 0 Å². The molecule has 0 aromatic heterocycles. The SMILES string of the molecule is CC(=O)CCCCCCCCCCCCCCCCCC(=O)O. The first-order valence-corrected chi connectivity index (χ1v) is 9.84. The van der Waals surface area contributed by atoms with Crippen molar-refractivity contribution in [3.63, 3.8) is 0 Å². The lowest BCUT2D eigenvalue weighted by atomic mass is 10.0. The number of Topliss-reactive ketones (excluding diaryl/α,β-unsaturated/α-hetero) is 1. The Morgan fingerprint density at radius 1 is 0.522 bits per heavy atom. The van der Waals surface area contributed by atoms with Crippen molar-refractivity contribution in [3.8, 4) is 0 Å². The predicted octanol–water partition coefficient (Wildman–Crippen LogP) is 6.29. The van der Waals surface area contributed by atoms with Gasteiger partial charge in [0.25, 0.3) is 0 Å². The molecule has 0 unspecified atom stereocenters. The van der Waals surface area contributed by atoms with Crippen LogP contribution in [0.1, 0.15) is 116 Å². The van der Waals surface area contributed by atoms with E-state index >= 15 is 0 Å². The molecule has 3 heteroatoms. The summed E-state index contributed by atoms with van der Waals surface area (Å²) in [6.45, 7) is 1.68. The van der Waals surface area contributed by atoms with Crippen LogP contribution in [0.25, 0.3) is 0 Å². The zero-order valence-corrected chi connectivity index (χ0v) is 15.3. The maximum absolute atomic E-state index is 10.8. The van der Waals surface area contributed by atoms with E-state index in [-0.39, 0.29) is 0 Å². The van der Waals surface area contributed by atoms with Crippen LogP contribution in [0, 0.1) is 0 Å². The average Bonchev–Trinajstić information content (AvgIpc) is 2.49. The van der Waals surface area contributed by atoms with E-state index in [4.69, 9.17) is 5.11 Å². The smallest absolute Gasteiger partial charge is 0.303 e. The Labute approximate surface area is 143 Å². The van der Waals surface area contributed by atoms with Gasteiger partial charge in [0.1, 0.15) is 5.78 Å². The van der Waals surface area contributed by atoms with Gasteiger partial charge in [-0.1, -0.05) is 83.5 Å². The molecule has 0 aliphatic rings. The lowest BCUT2D eigenvalue weighted by Gasteiger charge is -2.03. The number of ketones is 1. The largest absolute Gasteiger partial charge is 0.481 e. The molecule has 0 saturated heterocycles. The maximum Gasteiger partial charge on any atom is 0.303 e. The van der Waals surface area contributed by atoms with Crippen LogP contribution in [0.3, 0.4) is 0 Å². The number of carboxylic acid groups (broad SMARTS) is 1. The van der Waals surface area contributed by atoms with E-state index in [0.29, 0.717) is 12.2 Å². The van der Waals surface area contributed by atoms with E-state index in [1.54, 1.807) is 6.92 Å². The number of hydrogen-bond acceptors (Lipinski definition) is 2. The highest BCUT2D eigenvalue weighted by Crippen LogP contribution is 2.14. The summed E-state index contributed by atoms with van der Waals surface area (Å²) in [7, 11) is 0. The van der Waals surface area contributed by atoms with Crippen LogP contribution in [0.5, 0.6) is 0 Å². The van der Waals surface area contributed by atoms with Gasteiger partial charge in [-0.2, -0.15) is 0 Å². The van der Waals surface area contributed by atoms with Gasteiger partial charge in [0.05, 0.1) is 0 Å². The Morgan fingerprint density at radius 2 is 0.783 bits per heavy atom. The Kier molecular flexibility index (Phi) is 16.8. The molecular weight excluding hydrogens is 288 g/mol. The maximum atomic E-state index is 10.8. The zero-order chi connectivity index (χ0) is 17.2. The molecule has 0 rings (SSSR count). The molecule has 0 aliphatic carbocycles. The molecular formula is C20H38O3. The Balaban J connectivity index is 3.00. The van der Waals surface area contributed by atoms with E-state index in [1.165, 1.54) is 77.0 Å². The summed E-state index contributed by atoms with van der Waals surface area (Å²) >= 11 is 0. The quantitative estimate of drug-likeness (QED) is 0.301. The topological polar surface area (TPSA) is 54.4 Å². The fourth-order valence-electron chi connectivity index (χ4n) is 2.95. The number of rotatable bonds is 18. The molecule has 0 amide bonds. The molecule has 23 heavy (non-hydrogen) atoms. The summed E-state index contributed by atoms with van der Waals surface area (Å²) in [5, 5.41) is 8.54. The molecule has 0 aliphatic heterocycles. The van der Waals surface area contributed by atoms with Crippen LogP contribution in [0.15, 0.2) is 0 Å². The minimum atomic E-state index is -0.666. The monoisotopic (exact) mass is 326 g/mol. The molecule has 0 radical (unpaired) electrons. The lowest BCUT2D eigenvalue weighted by Crippen LogP contribution is -1.93. The third-order valence-corrected chi connectivity index (χ3v) is 4.42. The number of unbranched alkanes of at least 4 members (excludes halogenated alkanes) is 14. The van der Waals surface area contributed by atoms with E-state index in [9.17, 15) is 9.59 Å². The third-order valence-electron chi connectivity index (χ3n) is 4.42. The van der Waals surface area contributed by atoms with E-state index < -0.39 is 5.97 Å². The molecule has 0 aromatic carbocycles. The molecule has 0 heterocycles. The Hall–Kier alpha value is -0.860. The summed E-state index contributed by atoms with van der Waals surface area (Å²) in [6, 6.07) is 0. The van der Waals surface area contributed by atoms with Crippen molar-refractivity contribution in [2.24, 2.45) is 0 Å². The van der Waals surface area contributed by atoms with Gasteiger partial charge in [0.15, 0.2) is 0 Å². The molecule has 0 saturated carbocycles. The number of aliphatic carboxylic acids is 1. The highest BCUT2D eigenvalue weighted by Gasteiger charge is 1.97. The molecule has 0 aromatic rings. The van der Waals surface area contributed by atoms with Crippen LogP contribution in [0.2, 0.25) is 0 Å². The second kappa shape index (κ2) is 17.5. The van der Waals surface area contributed by atoms with Crippen molar-refractivity contribution in [2.45, 2.75) is 116 Å². The van der Waals surface area contributed by atoms with Crippen molar-refractivity contribution in [1.82, 2.24) is 0 Å².